The molecule has 1 amide bonds. The lowest BCUT2D eigenvalue weighted by Gasteiger charge is -2.40. The number of likely N-dealkylation sites (tertiary alicyclic amines) is 1. The van der Waals surface area contributed by atoms with E-state index in [9.17, 15) is 9.90 Å². The van der Waals surface area contributed by atoms with Crippen molar-refractivity contribution in [1.82, 2.24) is 10.2 Å². The molecule has 2 saturated heterocycles. The fourth-order valence-corrected chi connectivity index (χ4v) is 3.10. The van der Waals surface area contributed by atoms with Gasteiger partial charge in [0.05, 0.1) is 5.60 Å². The van der Waals surface area contributed by atoms with Gasteiger partial charge in [0.25, 0.3) is 0 Å². The zero-order valence-corrected chi connectivity index (χ0v) is 11.0. The van der Waals surface area contributed by atoms with E-state index in [1.807, 2.05) is 0 Å². The van der Waals surface area contributed by atoms with E-state index in [1.165, 1.54) is 0 Å². The standard InChI is InChI=1S/C13H25N3O2/c14-12(17)9-11-1-7-16(8-2-11)10-13(18)3-5-15-6-4-13/h11,15,18H,1-10H2,(H2,14,17). The van der Waals surface area contributed by atoms with E-state index in [0.717, 1.165) is 58.4 Å². The predicted molar refractivity (Wildman–Crippen MR) is 70.0 cm³/mol. The molecule has 0 saturated carbocycles. The highest BCUT2D eigenvalue weighted by Crippen LogP contribution is 2.24. The van der Waals surface area contributed by atoms with E-state index in [2.05, 4.69) is 10.2 Å². The number of piperidine rings is 2. The number of primary amides is 1. The minimum absolute atomic E-state index is 0.189. The average molecular weight is 255 g/mol. The van der Waals surface area contributed by atoms with Gasteiger partial charge in [0.15, 0.2) is 0 Å². The Morgan fingerprint density at radius 2 is 1.94 bits per heavy atom. The number of amides is 1. The third-order valence-corrected chi connectivity index (χ3v) is 4.25. The Morgan fingerprint density at radius 3 is 2.50 bits per heavy atom. The van der Waals surface area contributed by atoms with Gasteiger partial charge in [0, 0.05) is 13.0 Å². The molecule has 0 unspecified atom stereocenters. The smallest absolute Gasteiger partial charge is 0.217 e. The van der Waals surface area contributed by atoms with E-state index in [0.29, 0.717) is 12.3 Å². The summed E-state index contributed by atoms with van der Waals surface area (Å²) >= 11 is 0. The van der Waals surface area contributed by atoms with Gasteiger partial charge in [-0.3, -0.25) is 4.79 Å². The van der Waals surface area contributed by atoms with Crippen molar-refractivity contribution in [3.8, 4) is 0 Å². The highest BCUT2D eigenvalue weighted by Gasteiger charge is 2.32. The summed E-state index contributed by atoms with van der Waals surface area (Å²) in [4.78, 5) is 13.2. The molecule has 0 atom stereocenters. The number of hydrogen-bond donors (Lipinski definition) is 3. The van der Waals surface area contributed by atoms with Crippen LogP contribution in [0.2, 0.25) is 0 Å². The number of carbonyl (C=O) groups is 1. The fourth-order valence-electron chi connectivity index (χ4n) is 3.10. The van der Waals surface area contributed by atoms with Gasteiger partial charge >= 0.3 is 0 Å². The SMILES string of the molecule is NC(=O)CC1CCN(CC2(O)CCNCC2)CC1. The van der Waals surface area contributed by atoms with Gasteiger partial charge in [-0.05, 0) is 57.8 Å². The summed E-state index contributed by atoms with van der Waals surface area (Å²) in [6.07, 6.45) is 4.25. The van der Waals surface area contributed by atoms with Gasteiger partial charge in [-0.1, -0.05) is 0 Å². The third kappa shape index (κ3) is 3.93. The largest absolute Gasteiger partial charge is 0.388 e. The lowest BCUT2D eigenvalue weighted by molar-refractivity contribution is -0.119. The summed E-state index contributed by atoms with van der Waals surface area (Å²) in [6, 6.07) is 0. The fraction of sp³-hybridized carbons (Fsp3) is 0.923. The first-order valence-corrected chi connectivity index (χ1v) is 7.01. The maximum absolute atomic E-state index is 10.9. The molecular formula is C13H25N3O2. The molecule has 0 aliphatic carbocycles. The molecule has 4 N–H and O–H groups in total. The molecule has 0 aromatic rings. The van der Waals surface area contributed by atoms with Gasteiger partial charge in [-0.15, -0.1) is 0 Å². The van der Waals surface area contributed by atoms with E-state index < -0.39 is 5.60 Å². The minimum atomic E-state index is -0.512. The molecule has 18 heavy (non-hydrogen) atoms. The molecule has 0 bridgehead atoms. The van der Waals surface area contributed by atoms with E-state index in [4.69, 9.17) is 5.73 Å². The first-order valence-electron chi connectivity index (χ1n) is 7.01. The molecule has 2 aliphatic heterocycles. The van der Waals surface area contributed by atoms with Crippen LogP contribution in [0, 0.1) is 5.92 Å². The maximum Gasteiger partial charge on any atom is 0.217 e. The van der Waals surface area contributed by atoms with Gasteiger partial charge in [-0.25, -0.2) is 0 Å². The molecule has 104 valence electrons. The van der Waals surface area contributed by atoms with Crippen LogP contribution >= 0.6 is 0 Å². The lowest BCUT2D eigenvalue weighted by Crippen LogP contribution is -2.51. The molecule has 2 rings (SSSR count). The summed E-state index contributed by atoms with van der Waals surface area (Å²) in [5.74, 6) is 0.256. The molecule has 5 heteroatoms. The lowest BCUT2D eigenvalue weighted by atomic mass is 9.89. The van der Waals surface area contributed by atoms with Crippen molar-refractivity contribution >= 4 is 5.91 Å². The summed E-state index contributed by atoms with van der Waals surface area (Å²) in [6.45, 7) is 4.56. The Bertz CT molecular complexity index is 282. The highest BCUT2D eigenvalue weighted by atomic mass is 16.3. The molecular weight excluding hydrogens is 230 g/mol. The van der Waals surface area contributed by atoms with Crippen LogP contribution < -0.4 is 11.1 Å². The molecule has 2 aliphatic rings. The van der Waals surface area contributed by atoms with Crippen molar-refractivity contribution in [3.05, 3.63) is 0 Å². The number of nitrogens with two attached hydrogens (primary N) is 1. The Kier molecular flexibility index (Phi) is 4.59. The second kappa shape index (κ2) is 5.99. The van der Waals surface area contributed by atoms with Crippen molar-refractivity contribution in [2.24, 2.45) is 11.7 Å². The van der Waals surface area contributed by atoms with Crippen molar-refractivity contribution < 1.29 is 9.90 Å². The van der Waals surface area contributed by atoms with Gasteiger partial charge in [-0.2, -0.15) is 0 Å². The first-order chi connectivity index (χ1) is 8.57. The number of nitrogens with zero attached hydrogens (tertiary/aromatic N) is 1. The highest BCUT2D eigenvalue weighted by molar-refractivity contribution is 5.73. The van der Waals surface area contributed by atoms with Crippen molar-refractivity contribution in [2.75, 3.05) is 32.7 Å². The molecule has 0 spiro atoms. The minimum Gasteiger partial charge on any atom is -0.388 e. The van der Waals surface area contributed by atoms with E-state index in [-0.39, 0.29) is 5.91 Å². The van der Waals surface area contributed by atoms with Crippen molar-refractivity contribution in [2.45, 2.75) is 37.7 Å². The zero-order valence-electron chi connectivity index (χ0n) is 11.0. The number of β-amino-alcohol motifs (C(OH)–C–C–N with tert-alkyl or cyclic N) is 1. The van der Waals surface area contributed by atoms with Gasteiger partial charge in [0.2, 0.25) is 5.91 Å². The van der Waals surface area contributed by atoms with Crippen LogP contribution in [0.25, 0.3) is 0 Å². The molecule has 0 aromatic heterocycles. The number of aliphatic hydroxyl groups is 1. The van der Waals surface area contributed by atoms with Crippen LogP contribution in [0.4, 0.5) is 0 Å². The van der Waals surface area contributed by atoms with Gasteiger partial charge < -0.3 is 21.1 Å². The normalized spacial score (nSPS) is 26.1. The Balaban J connectivity index is 1.74. The monoisotopic (exact) mass is 255 g/mol. The van der Waals surface area contributed by atoms with Crippen LogP contribution in [-0.2, 0) is 4.79 Å². The first kappa shape index (κ1) is 13.8. The van der Waals surface area contributed by atoms with Crippen molar-refractivity contribution in [1.29, 1.82) is 0 Å². The molecule has 5 nitrogen and oxygen atoms in total. The average Bonchev–Trinajstić information content (AvgIpc) is 2.31. The zero-order chi connectivity index (χ0) is 13.0. The van der Waals surface area contributed by atoms with Crippen LogP contribution in [0.1, 0.15) is 32.1 Å². The Labute approximate surface area is 109 Å². The number of carbonyl (C=O) groups excluding carboxylic acids is 1. The topological polar surface area (TPSA) is 78.6 Å². The summed E-state index contributed by atoms with van der Waals surface area (Å²) in [5.41, 5.74) is 4.72. The summed E-state index contributed by atoms with van der Waals surface area (Å²) < 4.78 is 0. The predicted octanol–water partition coefficient (Wildman–Crippen LogP) is -0.312. The second-order valence-corrected chi connectivity index (χ2v) is 5.86. The van der Waals surface area contributed by atoms with Crippen molar-refractivity contribution in [3.63, 3.8) is 0 Å². The van der Waals surface area contributed by atoms with Gasteiger partial charge in [0.1, 0.15) is 0 Å². The van der Waals surface area contributed by atoms with Crippen LogP contribution in [0.15, 0.2) is 0 Å². The van der Waals surface area contributed by atoms with E-state index in [1.54, 1.807) is 0 Å². The molecule has 0 aromatic carbocycles. The number of nitrogens with one attached hydrogen (secondary N) is 1. The number of rotatable bonds is 4. The Hall–Kier alpha value is -0.650. The summed E-state index contributed by atoms with van der Waals surface area (Å²) in [7, 11) is 0. The molecule has 2 heterocycles. The van der Waals surface area contributed by atoms with Crippen LogP contribution in [-0.4, -0.2) is 54.2 Å². The third-order valence-electron chi connectivity index (χ3n) is 4.25. The maximum atomic E-state index is 10.9. The quantitative estimate of drug-likeness (QED) is 0.644. The van der Waals surface area contributed by atoms with E-state index >= 15 is 0 Å². The molecule has 2 fully saturated rings. The Morgan fingerprint density at radius 1 is 1.33 bits per heavy atom. The molecule has 0 radical (unpaired) electrons. The van der Waals surface area contributed by atoms with Crippen LogP contribution in [0.5, 0.6) is 0 Å². The van der Waals surface area contributed by atoms with Crippen LogP contribution in [0.3, 0.4) is 0 Å². The number of hydrogen-bond acceptors (Lipinski definition) is 4. The second-order valence-electron chi connectivity index (χ2n) is 5.86. The summed E-state index contributed by atoms with van der Waals surface area (Å²) in [5, 5.41) is 13.8.